The number of fused-ring (bicyclic) bond motifs is 1. The summed E-state index contributed by atoms with van der Waals surface area (Å²) >= 11 is 0. The van der Waals surface area contributed by atoms with Gasteiger partial charge in [-0.1, -0.05) is 30.3 Å². The van der Waals surface area contributed by atoms with Crippen LogP contribution in [0.1, 0.15) is 54.1 Å². The largest absolute Gasteiger partial charge is 0.505 e. The standard InChI is InChI=1S/C28H29N3O2/c1-18-15-16-29-25(17-18)31-26(20-9-12-23(13-10-20)33-22-5-3-4-6-22)24-14-11-21-8-7-19(2)30-27(21)28(24)32/h7-17,22,26,32H,3-6H2,1-2H3,(H,29,31)/t26-/m1/s1. The highest BCUT2D eigenvalue weighted by atomic mass is 16.5. The Bertz CT molecular complexity index is 1260. The Hall–Kier alpha value is -3.60. The number of aromatic nitrogens is 2. The third-order valence-electron chi connectivity index (χ3n) is 6.34. The van der Waals surface area contributed by atoms with Gasteiger partial charge in [-0.3, -0.25) is 0 Å². The summed E-state index contributed by atoms with van der Waals surface area (Å²) in [6.07, 6.45) is 6.85. The fraction of sp³-hybridized carbons (Fsp3) is 0.286. The SMILES string of the molecule is Cc1ccnc(N[C@H](c2ccc(OC3CCCC3)cc2)c2ccc3ccc(C)nc3c2O)c1. The van der Waals surface area contributed by atoms with E-state index in [1.165, 1.54) is 12.8 Å². The van der Waals surface area contributed by atoms with E-state index >= 15 is 0 Å². The van der Waals surface area contributed by atoms with E-state index < -0.39 is 0 Å². The monoisotopic (exact) mass is 439 g/mol. The van der Waals surface area contributed by atoms with Crippen molar-refractivity contribution in [2.24, 2.45) is 0 Å². The zero-order valence-corrected chi connectivity index (χ0v) is 19.1. The van der Waals surface area contributed by atoms with E-state index in [0.717, 1.165) is 52.2 Å². The minimum atomic E-state index is -0.299. The summed E-state index contributed by atoms with van der Waals surface area (Å²) in [4.78, 5) is 9.08. The molecule has 33 heavy (non-hydrogen) atoms. The van der Waals surface area contributed by atoms with Crippen molar-refractivity contribution in [3.8, 4) is 11.5 Å². The Kier molecular flexibility index (Phi) is 5.86. The molecular weight excluding hydrogens is 410 g/mol. The first kappa shape index (κ1) is 21.3. The van der Waals surface area contributed by atoms with E-state index in [1.54, 1.807) is 6.20 Å². The summed E-state index contributed by atoms with van der Waals surface area (Å²) in [7, 11) is 0. The maximum absolute atomic E-state index is 11.2. The lowest BCUT2D eigenvalue weighted by molar-refractivity contribution is 0.210. The van der Waals surface area contributed by atoms with Gasteiger partial charge in [0.05, 0.1) is 12.1 Å². The Morgan fingerprint density at radius 3 is 2.48 bits per heavy atom. The maximum Gasteiger partial charge on any atom is 0.147 e. The second-order valence-corrected chi connectivity index (χ2v) is 8.92. The molecule has 0 radical (unpaired) electrons. The molecule has 2 N–H and O–H groups in total. The number of ether oxygens (including phenoxy) is 1. The lowest BCUT2D eigenvalue weighted by Gasteiger charge is -2.23. The van der Waals surface area contributed by atoms with E-state index in [2.05, 4.69) is 27.4 Å². The molecule has 0 saturated heterocycles. The van der Waals surface area contributed by atoms with Crippen molar-refractivity contribution < 1.29 is 9.84 Å². The van der Waals surface area contributed by atoms with Gasteiger partial charge in [-0.2, -0.15) is 0 Å². The first-order valence-corrected chi connectivity index (χ1v) is 11.6. The number of nitrogens with zero attached hydrogens (tertiary/aromatic N) is 2. The third-order valence-corrected chi connectivity index (χ3v) is 6.34. The molecule has 0 unspecified atom stereocenters. The zero-order valence-electron chi connectivity index (χ0n) is 19.1. The molecule has 4 aromatic rings. The summed E-state index contributed by atoms with van der Waals surface area (Å²) in [5, 5.41) is 15.7. The van der Waals surface area contributed by atoms with Crippen molar-refractivity contribution in [1.29, 1.82) is 0 Å². The summed E-state index contributed by atoms with van der Waals surface area (Å²) in [6, 6.07) is 19.7. The summed E-state index contributed by atoms with van der Waals surface area (Å²) in [5.74, 6) is 1.83. The van der Waals surface area contributed by atoms with Crippen LogP contribution in [0.3, 0.4) is 0 Å². The second-order valence-electron chi connectivity index (χ2n) is 8.92. The quantitative estimate of drug-likeness (QED) is 0.360. The zero-order chi connectivity index (χ0) is 22.8. The van der Waals surface area contributed by atoms with E-state index in [1.807, 2.05) is 62.4 Å². The van der Waals surface area contributed by atoms with Gasteiger partial charge in [0.1, 0.15) is 22.8 Å². The molecule has 0 amide bonds. The van der Waals surface area contributed by atoms with Gasteiger partial charge in [-0.25, -0.2) is 9.97 Å². The van der Waals surface area contributed by atoms with E-state index in [0.29, 0.717) is 11.6 Å². The Balaban J connectivity index is 1.53. The van der Waals surface area contributed by atoms with Crippen molar-refractivity contribution in [3.05, 3.63) is 89.2 Å². The summed E-state index contributed by atoms with van der Waals surface area (Å²) < 4.78 is 6.15. The normalized spacial score (nSPS) is 15.0. The van der Waals surface area contributed by atoms with Gasteiger partial charge in [0.15, 0.2) is 0 Å². The molecule has 5 heteroatoms. The van der Waals surface area contributed by atoms with Crippen LogP contribution in [-0.4, -0.2) is 21.2 Å². The maximum atomic E-state index is 11.2. The predicted octanol–water partition coefficient (Wildman–Crippen LogP) is 6.48. The van der Waals surface area contributed by atoms with Crippen LogP contribution in [0.5, 0.6) is 11.5 Å². The van der Waals surface area contributed by atoms with Crippen LogP contribution < -0.4 is 10.1 Å². The fourth-order valence-electron chi connectivity index (χ4n) is 4.56. The second kappa shape index (κ2) is 9.10. The van der Waals surface area contributed by atoms with Gasteiger partial charge in [-0.15, -0.1) is 0 Å². The molecule has 5 rings (SSSR count). The van der Waals surface area contributed by atoms with Crippen LogP contribution in [0, 0.1) is 13.8 Å². The van der Waals surface area contributed by atoms with Crippen molar-refractivity contribution in [2.45, 2.75) is 51.7 Å². The topological polar surface area (TPSA) is 67.3 Å². The number of aromatic hydroxyl groups is 1. The lowest BCUT2D eigenvalue weighted by atomic mass is 9.96. The van der Waals surface area contributed by atoms with Crippen molar-refractivity contribution in [1.82, 2.24) is 9.97 Å². The molecule has 2 aromatic carbocycles. The molecule has 5 nitrogen and oxygen atoms in total. The number of phenolic OH excluding ortho intramolecular Hbond substituents is 1. The van der Waals surface area contributed by atoms with Gasteiger partial charge in [0.2, 0.25) is 0 Å². The molecule has 1 atom stereocenters. The van der Waals surface area contributed by atoms with E-state index in [9.17, 15) is 5.11 Å². The number of phenols is 1. The van der Waals surface area contributed by atoms with Crippen molar-refractivity contribution in [3.63, 3.8) is 0 Å². The molecule has 0 bridgehead atoms. The van der Waals surface area contributed by atoms with Gasteiger partial charge < -0.3 is 15.2 Å². The number of rotatable bonds is 6. The highest BCUT2D eigenvalue weighted by Gasteiger charge is 2.22. The van der Waals surface area contributed by atoms with E-state index in [-0.39, 0.29) is 11.8 Å². The van der Waals surface area contributed by atoms with Crippen LogP contribution in [0.15, 0.2) is 66.9 Å². The number of aryl methyl sites for hydroxylation is 2. The number of benzene rings is 2. The summed E-state index contributed by atoms with van der Waals surface area (Å²) in [6.45, 7) is 3.97. The molecular formula is C28H29N3O2. The third kappa shape index (κ3) is 4.63. The van der Waals surface area contributed by atoms with Crippen molar-refractivity contribution >= 4 is 16.7 Å². The minimum absolute atomic E-state index is 0.188. The van der Waals surface area contributed by atoms with Crippen LogP contribution >= 0.6 is 0 Å². The number of anilines is 1. The Labute approximate surface area is 194 Å². The van der Waals surface area contributed by atoms with Crippen LogP contribution in [-0.2, 0) is 0 Å². The lowest BCUT2D eigenvalue weighted by Crippen LogP contribution is -2.14. The molecule has 168 valence electrons. The molecule has 1 fully saturated rings. The van der Waals surface area contributed by atoms with Gasteiger partial charge >= 0.3 is 0 Å². The van der Waals surface area contributed by atoms with Crippen molar-refractivity contribution in [2.75, 3.05) is 5.32 Å². The van der Waals surface area contributed by atoms with E-state index in [4.69, 9.17) is 4.74 Å². The number of pyridine rings is 2. The highest BCUT2D eigenvalue weighted by molar-refractivity contribution is 5.86. The van der Waals surface area contributed by atoms with Crippen LogP contribution in [0.25, 0.3) is 10.9 Å². The average Bonchev–Trinajstić information content (AvgIpc) is 3.32. The molecule has 0 aliphatic heterocycles. The van der Waals surface area contributed by atoms with Gasteiger partial charge in [0, 0.05) is 22.8 Å². The average molecular weight is 440 g/mol. The Morgan fingerprint density at radius 1 is 0.970 bits per heavy atom. The number of nitrogens with one attached hydrogen (secondary N) is 1. The minimum Gasteiger partial charge on any atom is -0.505 e. The highest BCUT2D eigenvalue weighted by Crippen LogP contribution is 2.37. The van der Waals surface area contributed by atoms with Crippen LogP contribution in [0.2, 0.25) is 0 Å². The Morgan fingerprint density at radius 2 is 1.73 bits per heavy atom. The smallest absolute Gasteiger partial charge is 0.147 e. The summed E-state index contributed by atoms with van der Waals surface area (Å²) in [5.41, 5.74) is 4.37. The molecule has 2 aromatic heterocycles. The molecule has 0 spiro atoms. The van der Waals surface area contributed by atoms with Crippen LogP contribution in [0.4, 0.5) is 5.82 Å². The number of hydrogen-bond acceptors (Lipinski definition) is 5. The first-order valence-electron chi connectivity index (χ1n) is 11.6. The molecule has 1 aliphatic carbocycles. The molecule has 1 saturated carbocycles. The molecule has 2 heterocycles. The first-order chi connectivity index (χ1) is 16.1. The number of hydrogen-bond donors (Lipinski definition) is 2. The predicted molar refractivity (Wildman–Crippen MR) is 132 cm³/mol. The van der Waals surface area contributed by atoms with Gasteiger partial charge in [0.25, 0.3) is 0 Å². The fourth-order valence-corrected chi connectivity index (χ4v) is 4.56. The van der Waals surface area contributed by atoms with Gasteiger partial charge in [-0.05, 0) is 81.0 Å². The molecule has 1 aliphatic rings.